The number of unbranched alkanes of at least 4 members (excludes halogenated alkanes) is 2. The van der Waals surface area contributed by atoms with Crippen LogP contribution in [-0.2, 0) is 0 Å². The van der Waals surface area contributed by atoms with Crippen LogP contribution in [-0.4, -0.2) is 0 Å². The Kier molecular flexibility index (Phi) is 8.89. The molecule has 30 heavy (non-hydrogen) atoms. The molecule has 2 fully saturated rings. The fraction of sp³-hybridized carbons (Fsp3) is 0.704. The molecule has 0 unspecified atom stereocenters. The number of benzene rings is 1. The van der Waals surface area contributed by atoms with Crippen molar-refractivity contribution in [2.75, 3.05) is 0 Å². The zero-order valence-corrected chi connectivity index (χ0v) is 18.8. The van der Waals surface area contributed by atoms with Crippen LogP contribution in [0.3, 0.4) is 0 Å². The summed E-state index contributed by atoms with van der Waals surface area (Å²) < 4.78 is 41.3. The zero-order valence-electron chi connectivity index (χ0n) is 18.8. The fourth-order valence-electron chi connectivity index (χ4n) is 5.58. The van der Waals surface area contributed by atoms with Gasteiger partial charge in [-0.2, -0.15) is 0 Å². The van der Waals surface area contributed by atoms with Crippen molar-refractivity contribution in [3.05, 3.63) is 46.8 Å². The minimum Gasteiger partial charge on any atom is -0.206 e. The molecule has 3 rings (SSSR count). The first-order valence-corrected chi connectivity index (χ1v) is 12.2. The quantitative estimate of drug-likeness (QED) is 0.290. The summed E-state index contributed by atoms with van der Waals surface area (Å²) in [6.45, 7) is 3.83. The third-order valence-corrected chi connectivity index (χ3v) is 7.60. The third-order valence-electron chi connectivity index (χ3n) is 7.60. The lowest BCUT2D eigenvalue weighted by molar-refractivity contribution is 0.143. The highest BCUT2D eigenvalue weighted by molar-refractivity contribution is 5.37. The summed E-state index contributed by atoms with van der Waals surface area (Å²) in [5.41, 5.74) is 0.493. The molecule has 0 aromatic heterocycles. The molecular weight excluding hydrogens is 381 g/mol. The Morgan fingerprint density at radius 2 is 1.50 bits per heavy atom. The maximum atomic E-state index is 14.3. The van der Waals surface area contributed by atoms with E-state index in [9.17, 15) is 13.2 Å². The molecule has 1 aromatic rings. The van der Waals surface area contributed by atoms with Gasteiger partial charge < -0.3 is 0 Å². The second-order valence-corrected chi connectivity index (χ2v) is 9.77. The van der Waals surface area contributed by atoms with Gasteiger partial charge in [-0.25, -0.2) is 13.2 Å². The normalized spacial score (nSPS) is 27.8. The topological polar surface area (TPSA) is 0 Å². The summed E-state index contributed by atoms with van der Waals surface area (Å²) in [4.78, 5) is 0. The monoisotopic (exact) mass is 420 g/mol. The van der Waals surface area contributed by atoms with Crippen molar-refractivity contribution in [1.29, 1.82) is 0 Å². The van der Waals surface area contributed by atoms with E-state index in [4.69, 9.17) is 0 Å². The SMILES string of the molecule is CCCCCC1CCC(C=CC2CCC(c3ccc(C)c(F)c3C(F)F)CC2)CC1. The predicted molar refractivity (Wildman–Crippen MR) is 120 cm³/mol. The summed E-state index contributed by atoms with van der Waals surface area (Å²) in [6.07, 6.45) is 16.8. The number of hydrogen-bond donors (Lipinski definition) is 0. The molecule has 0 N–H and O–H groups in total. The van der Waals surface area contributed by atoms with Crippen molar-refractivity contribution < 1.29 is 13.2 Å². The number of rotatable bonds is 8. The second-order valence-electron chi connectivity index (χ2n) is 9.77. The summed E-state index contributed by atoms with van der Waals surface area (Å²) in [7, 11) is 0. The molecular formula is C27H39F3. The number of aryl methyl sites for hydroxylation is 1. The van der Waals surface area contributed by atoms with Crippen LogP contribution in [0.4, 0.5) is 13.2 Å². The van der Waals surface area contributed by atoms with Crippen LogP contribution < -0.4 is 0 Å². The summed E-state index contributed by atoms with van der Waals surface area (Å²) in [5.74, 6) is 1.56. The molecule has 0 aliphatic heterocycles. The van der Waals surface area contributed by atoms with E-state index >= 15 is 0 Å². The maximum absolute atomic E-state index is 14.3. The van der Waals surface area contributed by atoms with Crippen LogP contribution in [0, 0.1) is 30.5 Å². The van der Waals surface area contributed by atoms with Gasteiger partial charge in [-0.05, 0) is 93.1 Å². The van der Waals surface area contributed by atoms with E-state index in [2.05, 4.69) is 19.1 Å². The van der Waals surface area contributed by atoms with Crippen LogP contribution in [0.25, 0.3) is 0 Å². The van der Waals surface area contributed by atoms with Crippen molar-refractivity contribution >= 4 is 0 Å². The number of hydrogen-bond acceptors (Lipinski definition) is 0. The molecule has 0 saturated heterocycles. The van der Waals surface area contributed by atoms with Crippen LogP contribution in [0.1, 0.15) is 113 Å². The van der Waals surface area contributed by atoms with Crippen LogP contribution >= 0.6 is 0 Å². The van der Waals surface area contributed by atoms with Gasteiger partial charge in [0.25, 0.3) is 6.43 Å². The molecule has 1 aromatic carbocycles. The van der Waals surface area contributed by atoms with E-state index in [1.165, 1.54) is 51.4 Å². The smallest absolute Gasteiger partial charge is 0.206 e. The van der Waals surface area contributed by atoms with Crippen LogP contribution in [0.15, 0.2) is 24.3 Å². The first-order valence-electron chi connectivity index (χ1n) is 12.2. The standard InChI is InChI=1S/C27H39F3/c1-3-4-5-6-20-8-10-21(11-9-20)12-13-22-14-16-23(17-15-22)24-18-7-19(2)26(28)25(24)27(29)30/h7,12-13,18,20-23,27H,3-6,8-11,14-17H2,1-2H3. The van der Waals surface area contributed by atoms with Gasteiger partial charge in [0.15, 0.2) is 0 Å². The van der Waals surface area contributed by atoms with Crippen molar-refractivity contribution in [1.82, 2.24) is 0 Å². The highest BCUT2D eigenvalue weighted by Gasteiger charge is 2.28. The van der Waals surface area contributed by atoms with Gasteiger partial charge in [0.2, 0.25) is 0 Å². The highest BCUT2D eigenvalue weighted by atomic mass is 19.3. The Labute approximate surface area is 181 Å². The summed E-state index contributed by atoms with van der Waals surface area (Å²) in [6, 6.07) is 3.39. The van der Waals surface area contributed by atoms with Crippen molar-refractivity contribution in [2.45, 2.75) is 103 Å². The molecule has 0 nitrogen and oxygen atoms in total. The van der Waals surface area contributed by atoms with Gasteiger partial charge in [-0.3, -0.25) is 0 Å². The Balaban J connectivity index is 1.47. The van der Waals surface area contributed by atoms with Gasteiger partial charge in [-0.1, -0.05) is 56.9 Å². The van der Waals surface area contributed by atoms with E-state index in [0.717, 1.165) is 37.5 Å². The number of allylic oxidation sites excluding steroid dienone is 2. The molecule has 3 heteroatoms. The maximum Gasteiger partial charge on any atom is 0.266 e. The molecule has 0 radical (unpaired) electrons. The van der Waals surface area contributed by atoms with Crippen molar-refractivity contribution in [2.24, 2.45) is 17.8 Å². The number of alkyl halides is 2. The Morgan fingerprint density at radius 3 is 2.07 bits per heavy atom. The van der Waals surface area contributed by atoms with Gasteiger partial charge in [0, 0.05) is 0 Å². The lowest BCUT2D eigenvalue weighted by atomic mass is 9.76. The van der Waals surface area contributed by atoms with Crippen LogP contribution in [0.5, 0.6) is 0 Å². The Hall–Kier alpha value is -1.25. The predicted octanol–water partition coefficient (Wildman–Crippen LogP) is 9.29. The number of halogens is 3. The summed E-state index contributed by atoms with van der Waals surface area (Å²) in [5, 5.41) is 0. The van der Waals surface area contributed by atoms with E-state index in [1.807, 2.05) is 0 Å². The average molecular weight is 421 g/mol. The highest BCUT2D eigenvalue weighted by Crippen LogP contribution is 2.41. The van der Waals surface area contributed by atoms with E-state index < -0.39 is 12.2 Å². The van der Waals surface area contributed by atoms with E-state index in [0.29, 0.717) is 17.0 Å². The van der Waals surface area contributed by atoms with E-state index in [1.54, 1.807) is 19.1 Å². The first-order chi connectivity index (χ1) is 14.5. The molecule has 2 saturated carbocycles. The van der Waals surface area contributed by atoms with Gasteiger partial charge in [0.05, 0.1) is 5.56 Å². The zero-order chi connectivity index (χ0) is 21.5. The molecule has 0 spiro atoms. The molecule has 2 aliphatic carbocycles. The molecule has 0 bridgehead atoms. The lowest BCUT2D eigenvalue weighted by Gasteiger charge is -2.30. The third kappa shape index (κ3) is 6.14. The fourth-order valence-corrected chi connectivity index (χ4v) is 5.58. The Bertz CT molecular complexity index is 678. The minimum absolute atomic E-state index is 0.0623. The second kappa shape index (κ2) is 11.4. The molecule has 0 amide bonds. The van der Waals surface area contributed by atoms with Gasteiger partial charge in [-0.15, -0.1) is 0 Å². The summed E-state index contributed by atoms with van der Waals surface area (Å²) >= 11 is 0. The average Bonchev–Trinajstić information content (AvgIpc) is 2.75. The van der Waals surface area contributed by atoms with Gasteiger partial charge >= 0.3 is 0 Å². The van der Waals surface area contributed by atoms with Crippen molar-refractivity contribution in [3.8, 4) is 0 Å². The molecule has 168 valence electrons. The molecule has 0 heterocycles. The van der Waals surface area contributed by atoms with Gasteiger partial charge in [0.1, 0.15) is 5.82 Å². The molecule has 0 atom stereocenters. The van der Waals surface area contributed by atoms with Crippen LogP contribution in [0.2, 0.25) is 0 Å². The minimum atomic E-state index is -2.74. The van der Waals surface area contributed by atoms with E-state index in [-0.39, 0.29) is 11.5 Å². The largest absolute Gasteiger partial charge is 0.266 e. The van der Waals surface area contributed by atoms with Crippen molar-refractivity contribution in [3.63, 3.8) is 0 Å². The molecule has 2 aliphatic rings. The lowest BCUT2D eigenvalue weighted by Crippen LogP contribution is -2.16. The first kappa shape index (κ1) is 23.4. The Morgan fingerprint density at radius 1 is 0.900 bits per heavy atom.